The average molecular weight is 384 g/mol. The third kappa shape index (κ3) is 6.25. The number of carbonyl (C=O) groups is 1. The number of hydrogen-bond donors (Lipinski definition) is 1. The minimum atomic E-state index is -0.765. The van der Waals surface area contributed by atoms with E-state index < -0.39 is 5.97 Å². The number of likely N-dealkylation sites (tertiary alicyclic amines) is 1. The van der Waals surface area contributed by atoms with E-state index in [9.17, 15) is 4.79 Å². The molecule has 3 rings (SSSR count). The summed E-state index contributed by atoms with van der Waals surface area (Å²) in [6.07, 6.45) is 1.99. The van der Waals surface area contributed by atoms with Crippen LogP contribution >= 0.6 is 0 Å². The first kappa shape index (κ1) is 20.2. The van der Waals surface area contributed by atoms with Crippen LogP contribution in [-0.2, 0) is 4.79 Å². The second-order valence-corrected chi connectivity index (χ2v) is 7.12. The van der Waals surface area contributed by atoms with Crippen molar-refractivity contribution in [2.24, 2.45) is 0 Å². The molecule has 1 aliphatic rings. The van der Waals surface area contributed by atoms with Gasteiger partial charge in [-0.05, 0) is 69.4 Å². The molecule has 1 N–H and O–H groups in total. The maximum atomic E-state index is 10.8. The number of nitrogens with zero attached hydrogens (tertiary/aromatic N) is 2. The highest BCUT2D eigenvalue weighted by Crippen LogP contribution is 2.23. The molecule has 2 aromatic rings. The van der Waals surface area contributed by atoms with Gasteiger partial charge in [0.2, 0.25) is 0 Å². The second kappa shape index (κ2) is 10.1. The van der Waals surface area contributed by atoms with Crippen LogP contribution in [0.25, 0.3) is 0 Å². The number of likely N-dealkylation sites (N-methyl/N-ethyl adjacent to an activating group) is 1. The van der Waals surface area contributed by atoms with Gasteiger partial charge in [-0.3, -0.25) is 14.6 Å². The zero-order valence-electron chi connectivity index (χ0n) is 16.3. The molecule has 0 amide bonds. The fourth-order valence-electron chi connectivity index (χ4n) is 3.45. The van der Waals surface area contributed by atoms with E-state index in [1.54, 1.807) is 0 Å². The first-order valence-electron chi connectivity index (χ1n) is 9.70. The van der Waals surface area contributed by atoms with E-state index in [1.807, 2.05) is 66.5 Å². The molecule has 0 aromatic heterocycles. The van der Waals surface area contributed by atoms with E-state index in [1.165, 1.54) is 0 Å². The standard InChI is InChI=1S/C22H28N2O4/c1-23(17-22(25)26)18-11-13-24(14-12-18)15-16-27-19-7-9-21(10-8-19)28-20-5-3-2-4-6-20/h2-10,18H,11-17H2,1H3,(H,25,26). The van der Waals surface area contributed by atoms with Crippen LogP contribution in [0.15, 0.2) is 54.6 Å². The molecule has 0 saturated carbocycles. The highest BCUT2D eigenvalue weighted by molar-refractivity contribution is 5.69. The molecule has 1 heterocycles. The number of carboxylic acids is 1. The molecular formula is C22H28N2O4. The van der Waals surface area contributed by atoms with Crippen molar-refractivity contribution in [2.45, 2.75) is 18.9 Å². The lowest BCUT2D eigenvalue weighted by atomic mass is 10.0. The number of para-hydroxylation sites is 1. The Balaban J connectivity index is 1.36. The maximum absolute atomic E-state index is 10.8. The molecule has 1 aliphatic heterocycles. The third-order valence-electron chi connectivity index (χ3n) is 5.04. The molecule has 2 aromatic carbocycles. The second-order valence-electron chi connectivity index (χ2n) is 7.12. The van der Waals surface area contributed by atoms with Gasteiger partial charge in [0.25, 0.3) is 0 Å². The number of ether oxygens (including phenoxy) is 2. The monoisotopic (exact) mass is 384 g/mol. The van der Waals surface area contributed by atoms with Gasteiger partial charge in [0.1, 0.15) is 23.9 Å². The Hall–Kier alpha value is -2.57. The van der Waals surface area contributed by atoms with E-state index in [2.05, 4.69) is 4.90 Å². The molecule has 0 unspecified atom stereocenters. The Morgan fingerprint density at radius 2 is 1.64 bits per heavy atom. The van der Waals surface area contributed by atoms with Crippen molar-refractivity contribution in [1.29, 1.82) is 0 Å². The maximum Gasteiger partial charge on any atom is 0.317 e. The minimum Gasteiger partial charge on any atom is -0.492 e. The lowest BCUT2D eigenvalue weighted by Crippen LogP contribution is -2.45. The molecule has 150 valence electrons. The fourth-order valence-corrected chi connectivity index (χ4v) is 3.45. The Morgan fingerprint density at radius 1 is 1.04 bits per heavy atom. The molecule has 0 spiro atoms. The van der Waals surface area contributed by atoms with E-state index in [0.29, 0.717) is 12.6 Å². The Labute approximate surface area is 166 Å². The molecule has 1 fully saturated rings. The van der Waals surface area contributed by atoms with Crippen LogP contribution in [0, 0.1) is 0 Å². The smallest absolute Gasteiger partial charge is 0.317 e. The largest absolute Gasteiger partial charge is 0.492 e. The molecule has 0 atom stereocenters. The topological polar surface area (TPSA) is 62.2 Å². The van der Waals surface area contributed by atoms with Crippen LogP contribution in [0.4, 0.5) is 0 Å². The summed E-state index contributed by atoms with van der Waals surface area (Å²) in [4.78, 5) is 15.1. The first-order chi connectivity index (χ1) is 13.6. The summed E-state index contributed by atoms with van der Waals surface area (Å²) in [6.45, 7) is 3.56. The molecule has 6 heteroatoms. The number of aliphatic carboxylic acids is 1. The summed E-state index contributed by atoms with van der Waals surface area (Å²) >= 11 is 0. The first-order valence-corrected chi connectivity index (χ1v) is 9.70. The van der Waals surface area contributed by atoms with Crippen molar-refractivity contribution in [1.82, 2.24) is 9.80 Å². The van der Waals surface area contributed by atoms with Crippen molar-refractivity contribution in [3.63, 3.8) is 0 Å². The lowest BCUT2D eigenvalue weighted by Gasteiger charge is -2.36. The van der Waals surface area contributed by atoms with Gasteiger partial charge in [-0.2, -0.15) is 0 Å². The summed E-state index contributed by atoms with van der Waals surface area (Å²) in [5.41, 5.74) is 0. The Morgan fingerprint density at radius 3 is 2.29 bits per heavy atom. The number of piperidine rings is 1. The van der Waals surface area contributed by atoms with E-state index in [0.717, 1.165) is 49.7 Å². The summed E-state index contributed by atoms with van der Waals surface area (Å²) < 4.78 is 11.6. The van der Waals surface area contributed by atoms with Crippen molar-refractivity contribution in [3.05, 3.63) is 54.6 Å². The van der Waals surface area contributed by atoms with Crippen molar-refractivity contribution in [3.8, 4) is 17.2 Å². The van der Waals surface area contributed by atoms with Gasteiger partial charge < -0.3 is 14.6 Å². The predicted molar refractivity (Wildman–Crippen MR) is 108 cm³/mol. The van der Waals surface area contributed by atoms with E-state index >= 15 is 0 Å². The van der Waals surface area contributed by atoms with Gasteiger partial charge in [-0.15, -0.1) is 0 Å². The summed E-state index contributed by atoms with van der Waals surface area (Å²) in [5, 5.41) is 8.91. The highest BCUT2D eigenvalue weighted by Gasteiger charge is 2.23. The summed E-state index contributed by atoms with van der Waals surface area (Å²) in [7, 11) is 1.89. The number of hydrogen-bond acceptors (Lipinski definition) is 5. The van der Waals surface area contributed by atoms with Gasteiger partial charge in [0.05, 0.1) is 6.54 Å². The van der Waals surface area contributed by atoms with Gasteiger partial charge in [0.15, 0.2) is 0 Å². The van der Waals surface area contributed by atoms with Crippen LogP contribution in [0.5, 0.6) is 17.2 Å². The van der Waals surface area contributed by atoms with Gasteiger partial charge in [-0.1, -0.05) is 18.2 Å². The number of benzene rings is 2. The minimum absolute atomic E-state index is 0.109. The van der Waals surface area contributed by atoms with Gasteiger partial charge in [0, 0.05) is 12.6 Å². The quantitative estimate of drug-likeness (QED) is 0.716. The third-order valence-corrected chi connectivity index (χ3v) is 5.04. The van der Waals surface area contributed by atoms with E-state index in [-0.39, 0.29) is 6.54 Å². The molecular weight excluding hydrogens is 356 g/mol. The van der Waals surface area contributed by atoms with Crippen molar-refractivity contribution >= 4 is 5.97 Å². The van der Waals surface area contributed by atoms with Gasteiger partial charge >= 0.3 is 5.97 Å². The molecule has 6 nitrogen and oxygen atoms in total. The lowest BCUT2D eigenvalue weighted by molar-refractivity contribution is -0.138. The Bertz CT molecular complexity index is 728. The average Bonchev–Trinajstić information content (AvgIpc) is 2.70. The zero-order valence-corrected chi connectivity index (χ0v) is 16.3. The van der Waals surface area contributed by atoms with Crippen LogP contribution in [0.2, 0.25) is 0 Å². The zero-order chi connectivity index (χ0) is 19.8. The van der Waals surface area contributed by atoms with Crippen LogP contribution < -0.4 is 9.47 Å². The predicted octanol–water partition coefficient (Wildman–Crippen LogP) is 3.34. The van der Waals surface area contributed by atoms with Crippen LogP contribution in [0.1, 0.15) is 12.8 Å². The molecule has 0 bridgehead atoms. The van der Waals surface area contributed by atoms with Crippen LogP contribution in [0.3, 0.4) is 0 Å². The van der Waals surface area contributed by atoms with Crippen LogP contribution in [-0.4, -0.2) is 66.8 Å². The highest BCUT2D eigenvalue weighted by atomic mass is 16.5. The SMILES string of the molecule is CN(CC(=O)O)C1CCN(CCOc2ccc(Oc3ccccc3)cc2)CC1. The summed E-state index contributed by atoms with van der Waals surface area (Å²) in [5.74, 6) is 1.66. The number of carboxylic acid groups (broad SMARTS) is 1. The number of rotatable bonds is 9. The fraction of sp³-hybridized carbons (Fsp3) is 0.409. The molecule has 0 aliphatic carbocycles. The van der Waals surface area contributed by atoms with Crippen molar-refractivity contribution in [2.75, 3.05) is 39.8 Å². The van der Waals surface area contributed by atoms with Gasteiger partial charge in [-0.25, -0.2) is 0 Å². The molecule has 1 saturated heterocycles. The molecule has 28 heavy (non-hydrogen) atoms. The van der Waals surface area contributed by atoms with E-state index in [4.69, 9.17) is 14.6 Å². The Kier molecular flexibility index (Phi) is 7.28. The normalized spacial score (nSPS) is 15.5. The molecule has 0 radical (unpaired) electrons. The summed E-state index contributed by atoms with van der Waals surface area (Å²) in [6, 6.07) is 17.7. The van der Waals surface area contributed by atoms with Crippen molar-refractivity contribution < 1.29 is 19.4 Å².